The molecule has 0 aliphatic heterocycles. The molecule has 7 nitrogen and oxygen atoms in total. The third-order valence-electron chi connectivity index (χ3n) is 2.15. The third kappa shape index (κ3) is 4.79. The normalized spacial score (nSPS) is 10.2. The number of amides is 1. The van der Waals surface area contributed by atoms with Crippen molar-refractivity contribution in [2.75, 3.05) is 18.4 Å². The highest BCUT2D eigenvalue weighted by atomic mass is 32.2. The first-order chi connectivity index (χ1) is 9.38. The van der Waals surface area contributed by atoms with E-state index < -0.39 is 16.3 Å². The van der Waals surface area contributed by atoms with Crippen LogP contribution in [0.5, 0.6) is 0 Å². The van der Waals surface area contributed by atoms with Crippen LogP contribution in [-0.4, -0.2) is 28.2 Å². The van der Waals surface area contributed by atoms with Crippen LogP contribution in [0.3, 0.4) is 0 Å². The van der Waals surface area contributed by atoms with E-state index in [-0.39, 0.29) is 12.2 Å². The minimum absolute atomic E-state index is 0.153. The number of hydrogen-bond acceptors (Lipinski definition) is 5. The van der Waals surface area contributed by atoms with E-state index in [0.29, 0.717) is 5.56 Å². The predicted octanol–water partition coefficient (Wildman–Crippen LogP) is 0.318. The Bertz CT molecular complexity index is 659. The highest BCUT2D eigenvalue weighted by Gasteiger charge is 2.15. The van der Waals surface area contributed by atoms with Gasteiger partial charge in [-0.25, -0.2) is 9.52 Å². The number of anilines is 1. The molecular weight excluding hydrogens is 282 g/mol. The number of hydrogen-bond donors (Lipinski definition) is 3. The number of aryl methyl sites for hydroxylation is 1. The van der Waals surface area contributed by atoms with Gasteiger partial charge in [-0.2, -0.15) is 8.42 Å². The van der Waals surface area contributed by atoms with Crippen molar-refractivity contribution in [3.63, 3.8) is 0 Å². The Morgan fingerprint density at radius 3 is 2.75 bits per heavy atom. The molecule has 108 valence electrons. The van der Waals surface area contributed by atoms with E-state index >= 15 is 0 Å². The first kappa shape index (κ1) is 15.8. The van der Waals surface area contributed by atoms with Gasteiger partial charge in [0.15, 0.2) is 0 Å². The summed E-state index contributed by atoms with van der Waals surface area (Å²) in [7, 11) is -3.02. The molecular formula is C12H15N3O4S. The van der Waals surface area contributed by atoms with E-state index in [2.05, 4.69) is 21.3 Å². The molecule has 0 saturated heterocycles. The van der Waals surface area contributed by atoms with Gasteiger partial charge in [0.25, 0.3) is 0 Å². The maximum Gasteiger partial charge on any atom is 0.422 e. The predicted molar refractivity (Wildman–Crippen MR) is 75.2 cm³/mol. The van der Waals surface area contributed by atoms with Crippen LogP contribution in [0.15, 0.2) is 18.2 Å². The molecule has 4 N–H and O–H groups in total. The summed E-state index contributed by atoms with van der Waals surface area (Å²) in [6.45, 7) is 2.00. The molecule has 0 aromatic heterocycles. The maximum absolute atomic E-state index is 11.7. The molecule has 0 atom stereocenters. The van der Waals surface area contributed by atoms with Gasteiger partial charge < -0.3 is 10.5 Å². The number of ether oxygens (including phenoxy) is 1. The summed E-state index contributed by atoms with van der Waals surface area (Å²) in [5, 5.41) is 0. The van der Waals surface area contributed by atoms with Crippen molar-refractivity contribution in [2.45, 2.75) is 6.92 Å². The molecule has 1 aromatic rings. The lowest BCUT2D eigenvalue weighted by Crippen LogP contribution is -2.35. The van der Waals surface area contributed by atoms with Crippen molar-refractivity contribution < 1.29 is 17.9 Å². The van der Waals surface area contributed by atoms with Gasteiger partial charge in [-0.1, -0.05) is 17.9 Å². The van der Waals surface area contributed by atoms with Crippen LogP contribution in [0, 0.1) is 18.8 Å². The zero-order valence-corrected chi connectivity index (χ0v) is 11.9. The van der Waals surface area contributed by atoms with Gasteiger partial charge in [0.05, 0.1) is 19.3 Å². The number of rotatable bonds is 3. The number of carbonyl (C=O) groups excluding carboxylic acids is 1. The molecule has 1 aromatic carbocycles. The number of carbonyl (C=O) groups is 1. The monoisotopic (exact) mass is 297 g/mol. The molecule has 0 saturated carbocycles. The van der Waals surface area contributed by atoms with Gasteiger partial charge in [0.1, 0.15) is 0 Å². The first-order valence-corrected chi connectivity index (χ1v) is 7.04. The summed E-state index contributed by atoms with van der Waals surface area (Å²) in [6.07, 6.45) is -1.08. The molecule has 20 heavy (non-hydrogen) atoms. The van der Waals surface area contributed by atoms with Gasteiger partial charge >= 0.3 is 16.3 Å². The number of benzene rings is 1. The summed E-state index contributed by atoms with van der Waals surface area (Å²) in [5.74, 6) is 5.40. The van der Waals surface area contributed by atoms with Gasteiger partial charge in [-0.15, -0.1) is 0 Å². The summed E-state index contributed by atoms with van der Waals surface area (Å²) in [4.78, 5) is 10.9. The van der Waals surface area contributed by atoms with Crippen LogP contribution in [0.25, 0.3) is 0 Å². The second kappa shape index (κ2) is 6.79. The third-order valence-corrected chi connectivity index (χ3v) is 3.07. The highest BCUT2D eigenvalue weighted by molar-refractivity contribution is 7.91. The van der Waals surface area contributed by atoms with Crippen molar-refractivity contribution in [2.24, 2.45) is 5.73 Å². The molecule has 0 fully saturated rings. The fourth-order valence-corrected chi connectivity index (χ4v) is 2.14. The van der Waals surface area contributed by atoms with Crippen molar-refractivity contribution in [3.05, 3.63) is 29.3 Å². The Morgan fingerprint density at radius 2 is 2.15 bits per heavy atom. The lowest BCUT2D eigenvalue weighted by molar-refractivity contribution is 0.177. The van der Waals surface area contributed by atoms with Crippen LogP contribution >= 0.6 is 0 Å². The lowest BCUT2D eigenvalue weighted by Gasteiger charge is -2.10. The average Bonchev–Trinajstić information content (AvgIpc) is 2.38. The second-order valence-corrected chi connectivity index (χ2v) is 5.17. The Balaban J connectivity index is 3.05. The molecule has 0 heterocycles. The number of nitrogens with one attached hydrogen (secondary N) is 2. The minimum Gasteiger partial charge on any atom is -0.452 e. The Morgan fingerprint density at radius 1 is 1.45 bits per heavy atom. The molecule has 0 bridgehead atoms. The fourth-order valence-electron chi connectivity index (χ4n) is 1.32. The molecule has 0 radical (unpaired) electrons. The van der Waals surface area contributed by atoms with Crippen molar-refractivity contribution in [1.29, 1.82) is 0 Å². The summed E-state index contributed by atoms with van der Waals surface area (Å²) < 4.78 is 31.5. The summed E-state index contributed by atoms with van der Waals surface area (Å²) >= 11 is 0. The first-order valence-electron chi connectivity index (χ1n) is 5.56. The van der Waals surface area contributed by atoms with Crippen molar-refractivity contribution >= 4 is 22.0 Å². The van der Waals surface area contributed by atoms with E-state index in [1.807, 2.05) is 6.92 Å². The quantitative estimate of drug-likeness (QED) is 0.696. The molecule has 1 rings (SSSR count). The largest absolute Gasteiger partial charge is 0.452 e. The molecule has 0 aliphatic rings. The zero-order valence-electron chi connectivity index (χ0n) is 11.1. The Kier molecular flexibility index (Phi) is 5.37. The van der Waals surface area contributed by atoms with E-state index in [4.69, 9.17) is 5.73 Å². The highest BCUT2D eigenvalue weighted by Crippen LogP contribution is 2.17. The zero-order chi connectivity index (χ0) is 15.2. The Labute approximate surface area is 117 Å². The fraction of sp³-hybridized carbons (Fsp3) is 0.250. The summed E-state index contributed by atoms with van der Waals surface area (Å²) in [6, 6.07) is 4.97. The van der Waals surface area contributed by atoms with E-state index in [9.17, 15) is 13.2 Å². The van der Waals surface area contributed by atoms with Crippen LogP contribution in [-0.2, 0) is 14.9 Å². The molecule has 0 aliphatic carbocycles. The average molecular weight is 297 g/mol. The van der Waals surface area contributed by atoms with Gasteiger partial charge in [0.2, 0.25) is 0 Å². The molecule has 0 spiro atoms. The van der Waals surface area contributed by atoms with Crippen LogP contribution in [0.4, 0.5) is 10.5 Å². The van der Waals surface area contributed by atoms with Gasteiger partial charge in [0, 0.05) is 5.56 Å². The smallest absolute Gasteiger partial charge is 0.422 e. The molecule has 8 heteroatoms. The second-order valence-electron chi connectivity index (χ2n) is 3.75. The van der Waals surface area contributed by atoms with E-state index in [0.717, 1.165) is 12.7 Å². The van der Waals surface area contributed by atoms with E-state index in [1.165, 1.54) is 0 Å². The minimum atomic E-state index is -4.08. The van der Waals surface area contributed by atoms with Gasteiger partial charge in [-0.3, -0.25) is 4.72 Å². The number of nitrogens with two attached hydrogens (primary N) is 1. The van der Waals surface area contributed by atoms with E-state index in [1.54, 1.807) is 22.9 Å². The maximum atomic E-state index is 11.7. The van der Waals surface area contributed by atoms with Crippen molar-refractivity contribution in [3.8, 4) is 11.8 Å². The van der Waals surface area contributed by atoms with Crippen molar-refractivity contribution in [1.82, 2.24) is 4.72 Å². The van der Waals surface area contributed by atoms with Gasteiger partial charge in [-0.05, 0) is 24.6 Å². The summed E-state index contributed by atoms with van der Waals surface area (Å²) in [5.41, 5.74) is 6.91. The standard InChI is InChI=1S/C12H15N3O4S/c1-9-5-6-11(10(8-9)4-3-7-13)14-20(17,18)15-12(16)19-2/h5-6,8,14H,7,13H2,1-2H3,(H,15,16). The molecule has 1 amide bonds. The van der Waals surface area contributed by atoms with Crippen LogP contribution in [0.2, 0.25) is 0 Å². The van der Waals surface area contributed by atoms with Crippen LogP contribution < -0.4 is 15.2 Å². The number of methoxy groups -OCH3 is 1. The Hall–Kier alpha value is -2.24. The SMILES string of the molecule is COC(=O)NS(=O)(=O)Nc1ccc(C)cc1C#CCN. The van der Waals surface area contributed by atoms with Crippen LogP contribution in [0.1, 0.15) is 11.1 Å². The topological polar surface area (TPSA) is 111 Å². The lowest BCUT2D eigenvalue weighted by atomic mass is 10.1. The molecule has 0 unspecified atom stereocenters.